The Kier molecular flexibility index (Phi) is 2.55. The van der Waals surface area contributed by atoms with Gasteiger partial charge in [-0.1, -0.05) is 24.3 Å². The summed E-state index contributed by atoms with van der Waals surface area (Å²) in [7, 11) is 0. The highest BCUT2D eigenvalue weighted by atomic mass is 15.0. The van der Waals surface area contributed by atoms with Crippen molar-refractivity contribution in [1.29, 1.82) is 5.26 Å². The number of para-hydroxylation sites is 1. The minimum Gasteiger partial charge on any atom is -0.346 e. The molecule has 0 atom stereocenters. The second-order valence-electron chi connectivity index (χ2n) is 3.44. The number of aryl methyl sites for hydroxylation is 1. The van der Waals surface area contributed by atoms with Crippen LogP contribution in [0.1, 0.15) is 12.0 Å². The molecule has 0 spiro atoms. The van der Waals surface area contributed by atoms with Crippen LogP contribution in [0.15, 0.2) is 43.1 Å². The van der Waals surface area contributed by atoms with E-state index in [-0.39, 0.29) is 0 Å². The lowest BCUT2D eigenvalue weighted by atomic mass is 10.2. The quantitative estimate of drug-likeness (QED) is 0.693. The first kappa shape index (κ1) is 9.54. The minimum atomic E-state index is 0.745. The average Bonchev–Trinajstić information content (AvgIpc) is 2.65. The van der Waals surface area contributed by atoms with Crippen molar-refractivity contribution < 1.29 is 0 Å². The number of nitriles is 1. The van der Waals surface area contributed by atoms with Gasteiger partial charge in [-0.2, -0.15) is 5.26 Å². The van der Waals surface area contributed by atoms with Crippen molar-refractivity contribution in [2.75, 3.05) is 0 Å². The average molecular weight is 196 g/mol. The van der Waals surface area contributed by atoms with E-state index in [2.05, 4.69) is 17.2 Å². The Labute approximate surface area is 89.1 Å². The number of allylic oxidation sites excluding steroid dienone is 1. The molecule has 0 N–H and O–H groups in total. The van der Waals surface area contributed by atoms with Crippen LogP contribution in [0.25, 0.3) is 10.9 Å². The van der Waals surface area contributed by atoms with E-state index in [4.69, 9.17) is 5.26 Å². The van der Waals surface area contributed by atoms with Gasteiger partial charge in [0, 0.05) is 23.6 Å². The van der Waals surface area contributed by atoms with Gasteiger partial charge in [0.05, 0.1) is 5.56 Å². The maximum Gasteiger partial charge on any atom is 0.101 e. The van der Waals surface area contributed by atoms with Gasteiger partial charge >= 0.3 is 0 Å². The van der Waals surface area contributed by atoms with Crippen LogP contribution in [0.2, 0.25) is 0 Å². The van der Waals surface area contributed by atoms with Crippen molar-refractivity contribution in [3.05, 3.63) is 48.7 Å². The zero-order valence-electron chi connectivity index (χ0n) is 8.48. The molecule has 2 aromatic rings. The summed E-state index contributed by atoms with van der Waals surface area (Å²) in [6.45, 7) is 4.59. The first-order valence-electron chi connectivity index (χ1n) is 4.95. The third-order valence-corrected chi connectivity index (χ3v) is 2.48. The fraction of sp³-hybridized carbons (Fsp3) is 0.154. The molecular formula is C13H12N2. The van der Waals surface area contributed by atoms with Gasteiger partial charge in [0.1, 0.15) is 6.07 Å². The molecule has 74 valence electrons. The largest absolute Gasteiger partial charge is 0.346 e. The van der Waals surface area contributed by atoms with E-state index in [9.17, 15) is 0 Å². The minimum absolute atomic E-state index is 0.745. The van der Waals surface area contributed by atoms with Gasteiger partial charge in [0.25, 0.3) is 0 Å². The van der Waals surface area contributed by atoms with Crippen LogP contribution in [-0.2, 0) is 6.54 Å². The Balaban J connectivity index is 2.56. The molecule has 2 rings (SSSR count). The van der Waals surface area contributed by atoms with E-state index < -0.39 is 0 Å². The Hall–Kier alpha value is -2.01. The van der Waals surface area contributed by atoms with E-state index in [0.29, 0.717) is 0 Å². The van der Waals surface area contributed by atoms with Gasteiger partial charge in [0.15, 0.2) is 0 Å². The topological polar surface area (TPSA) is 28.7 Å². The van der Waals surface area contributed by atoms with Gasteiger partial charge in [-0.25, -0.2) is 0 Å². The lowest BCUT2D eigenvalue weighted by Gasteiger charge is -2.01. The summed E-state index contributed by atoms with van der Waals surface area (Å²) >= 11 is 0. The molecule has 1 aromatic heterocycles. The second kappa shape index (κ2) is 4.02. The SMILES string of the molecule is C=CCCn1cc(C#N)c2ccccc21. The molecule has 0 aliphatic rings. The summed E-state index contributed by atoms with van der Waals surface area (Å²) in [4.78, 5) is 0. The highest BCUT2D eigenvalue weighted by Crippen LogP contribution is 2.20. The van der Waals surface area contributed by atoms with Crippen molar-refractivity contribution in [2.45, 2.75) is 13.0 Å². The normalized spacial score (nSPS) is 10.1. The third kappa shape index (κ3) is 1.64. The van der Waals surface area contributed by atoms with Gasteiger partial charge in [-0.05, 0) is 12.5 Å². The maximum atomic E-state index is 8.99. The van der Waals surface area contributed by atoms with Crippen LogP contribution in [-0.4, -0.2) is 4.57 Å². The maximum absolute atomic E-state index is 8.99. The van der Waals surface area contributed by atoms with Crippen LogP contribution < -0.4 is 0 Å². The Morgan fingerprint density at radius 3 is 2.93 bits per heavy atom. The molecule has 1 heterocycles. The van der Waals surface area contributed by atoms with E-state index in [1.54, 1.807) is 0 Å². The zero-order valence-corrected chi connectivity index (χ0v) is 8.48. The number of hydrogen-bond donors (Lipinski definition) is 0. The zero-order chi connectivity index (χ0) is 10.7. The number of nitrogens with zero attached hydrogens (tertiary/aromatic N) is 2. The molecule has 0 fully saturated rings. The van der Waals surface area contributed by atoms with Crippen LogP contribution in [0, 0.1) is 11.3 Å². The smallest absolute Gasteiger partial charge is 0.101 e. The van der Waals surface area contributed by atoms with Crippen molar-refractivity contribution in [2.24, 2.45) is 0 Å². The monoisotopic (exact) mass is 196 g/mol. The summed E-state index contributed by atoms with van der Waals surface area (Å²) in [6.07, 6.45) is 4.72. The van der Waals surface area contributed by atoms with Crippen molar-refractivity contribution in [3.63, 3.8) is 0 Å². The third-order valence-electron chi connectivity index (χ3n) is 2.48. The Bertz CT molecular complexity index is 529. The molecule has 2 heteroatoms. The van der Waals surface area contributed by atoms with Gasteiger partial charge < -0.3 is 4.57 Å². The first-order chi connectivity index (χ1) is 7.36. The molecule has 0 amide bonds. The van der Waals surface area contributed by atoms with Gasteiger partial charge in [-0.3, -0.25) is 0 Å². The predicted molar refractivity (Wildman–Crippen MR) is 61.5 cm³/mol. The summed E-state index contributed by atoms with van der Waals surface area (Å²) in [5.41, 5.74) is 1.87. The molecule has 15 heavy (non-hydrogen) atoms. The van der Waals surface area contributed by atoms with E-state index in [1.807, 2.05) is 36.5 Å². The van der Waals surface area contributed by atoms with Crippen molar-refractivity contribution in [3.8, 4) is 6.07 Å². The lowest BCUT2D eigenvalue weighted by Crippen LogP contribution is -1.93. The van der Waals surface area contributed by atoms with Crippen LogP contribution in [0.3, 0.4) is 0 Å². The molecule has 0 saturated heterocycles. The molecular weight excluding hydrogens is 184 g/mol. The van der Waals surface area contributed by atoms with Gasteiger partial charge in [-0.15, -0.1) is 6.58 Å². The Morgan fingerprint density at radius 2 is 2.20 bits per heavy atom. The van der Waals surface area contributed by atoms with Crippen LogP contribution in [0.5, 0.6) is 0 Å². The summed E-state index contributed by atoms with van der Waals surface area (Å²) in [5, 5.41) is 10.0. The van der Waals surface area contributed by atoms with Crippen LogP contribution >= 0.6 is 0 Å². The molecule has 1 aromatic carbocycles. The van der Waals surface area contributed by atoms with E-state index >= 15 is 0 Å². The fourth-order valence-electron chi connectivity index (χ4n) is 1.75. The highest BCUT2D eigenvalue weighted by molar-refractivity contribution is 5.86. The van der Waals surface area contributed by atoms with E-state index in [0.717, 1.165) is 29.4 Å². The lowest BCUT2D eigenvalue weighted by molar-refractivity contribution is 0.738. The van der Waals surface area contributed by atoms with Gasteiger partial charge in [0.2, 0.25) is 0 Å². The molecule has 0 aliphatic carbocycles. The molecule has 0 saturated carbocycles. The summed E-state index contributed by atoms with van der Waals surface area (Å²) in [6, 6.07) is 10.2. The van der Waals surface area contributed by atoms with E-state index in [1.165, 1.54) is 0 Å². The Morgan fingerprint density at radius 1 is 1.40 bits per heavy atom. The number of rotatable bonds is 3. The van der Waals surface area contributed by atoms with Crippen molar-refractivity contribution in [1.82, 2.24) is 4.57 Å². The molecule has 0 bridgehead atoms. The second-order valence-corrected chi connectivity index (χ2v) is 3.44. The van der Waals surface area contributed by atoms with Crippen molar-refractivity contribution >= 4 is 10.9 Å². The first-order valence-corrected chi connectivity index (χ1v) is 4.95. The standard InChI is InChI=1S/C13H12N2/c1-2-3-8-15-10-11(9-14)12-6-4-5-7-13(12)15/h2,4-7,10H,1,3,8H2. The summed E-state index contributed by atoms with van der Waals surface area (Å²) in [5.74, 6) is 0. The highest BCUT2D eigenvalue weighted by Gasteiger charge is 2.05. The fourth-order valence-corrected chi connectivity index (χ4v) is 1.75. The molecule has 2 nitrogen and oxygen atoms in total. The summed E-state index contributed by atoms with van der Waals surface area (Å²) < 4.78 is 2.11. The number of fused-ring (bicyclic) bond motifs is 1. The molecule has 0 radical (unpaired) electrons. The number of benzene rings is 1. The predicted octanol–water partition coefficient (Wildman–Crippen LogP) is 3.09. The molecule has 0 aliphatic heterocycles. The van der Waals surface area contributed by atoms with Crippen LogP contribution in [0.4, 0.5) is 0 Å². The molecule has 0 unspecified atom stereocenters. The number of aromatic nitrogens is 1. The number of hydrogen-bond acceptors (Lipinski definition) is 1.